The second-order valence-corrected chi connectivity index (χ2v) is 5.84. The van der Waals surface area contributed by atoms with Gasteiger partial charge in [0, 0.05) is 17.5 Å². The summed E-state index contributed by atoms with van der Waals surface area (Å²) in [7, 11) is 0. The normalized spacial score (nSPS) is 20.3. The number of imidazole rings is 1. The largest absolute Gasteiger partial charge is 0.337 e. The highest BCUT2D eigenvalue weighted by Crippen LogP contribution is 2.22. The maximum Gasteiger partial charge on any atom is 0.173 e. The number of aromatic amines is 1. The summed E-state index contributed by atoms with van der Waals surface area (Å²) in [5, 5.41) is 1.05. The molecule has 1 N–H and O–H groups in total. The maximum absolute atomic E-state index is 4.63. The van der Waals surface area contributed by atoms with Crippen molar-refractivity contribution in [2.75, 3.05) is 0 Å². The van der Waals surface area contributed by atoms with Crippen LogP contribution < -0.4 is 10.8 Å². The molecule has 0 spiro atoms. The van der Waals surface area contributed by atoms with E-state index in [4.69, 9.17) is 0 Å². The molecule has 1 aromatic heterocycles. The van der Waals surface area contributed by atoms with Crippen LogP contribution in [0, 0.1) is 0 Å². The maximum atomic E-state index is 4.63. The van der Waals surface area contributed by atoms with E-state index in [-0.39, 0.29) is 0 Å². The first-order valence-corrected chi connectivity index (χ1v) is 7.75. The van der Waals surface area contributed by atoms with Crippen LogP contribution in [0.2, 0.25) is 0 Å². The molecule has 0 fully saturated rings. The molecule has 1 atom stereocenters. The molecule has 4 heteroatoms. The van der Waals surface area contributed by atoms with Crippen molar-refractivity contribution in [1.29, 1.82) is 0 Å². The molecular weight excluding hydrogens is 272 g/mol. The summed E-state index contributed by atoms with van der Waals surface area (Å²) in [5.74, 6) is 0.912. The molecule has 0 aliphatic carbocycles. The summed E-state index contributed by atoms with van der Waals surface area (Å²) < 4.78 is 0. The first-order chi connectivity index (χ1) is 10.8. The number of hydrogen-bond donors (Lipinski definition) is 1. The fraction of sp³-hybridized carbons (Fsp3) is 0.278. The van der Waals surface area contributed by atoms with E-state index in [0.29, 0.717) is 6.04 Å². The Labute approximate surface area is 129 Å². The summed E-state index contributed by atoms with van der Waals surface area (Å²) >= 11 is 0. The number of allylic oxidation sites excluding steroid dienone is 1. The van der Waals surface area contributed by atoms with Gasteiger partial charge in [-0.3, -0.25) is 9.98 Å². The summed E-state index contributed by atoms with van der Waals surface area (Å²) in [6, 6.07) is 10.7. The number of benzene rings is 1. The standard InChI is InChI=1S/C18H18N4/c1-12-7-9-16-18(20-12)22-17(21-16)14-8-10-15(19-11-14)13-5-3-2-4-6-13/h2-6,9,11-12H,7-8,10H2,1H3,(H,20,21,22). The van der Waals surface area contributed by atoms with Crippen molar-refractivity contribution >= 4 is 17.4 Å². The highest BCUT2D eigenvalue weighted by molar-refractivity contribution is 6.02. The minimum atomic E-state index is 0.326. The molecule has 4 rings (SSSR count). The van der Waals surface area contributed by atoms with Crippen molar-refractivity contribution in [2.45, 2.75) is 32.2 Å². The third kappa shape index (κ3) is 2.41. The molecule has 3 heterocycles. The fourth-order valence-electron chi connectivity index (χ4n) is 2.89. The van der Waals surface area contributed by atoms with Crippen LogP contribution in [0.5, 0.6) is 0 Å². The van der Waals surface area contributed by atoms with Crippen LogP contribution in [-0.4, -0.2) is 21.7 Å². The van der Waals surface area contributed by atoms with Gasteiger partial charge in [-0.2, -0.15) is 0 Å². The van der Waals surface area contributed by atoms with Gasteiger partial charge in [0.1, 0.15) is 5.82 Å². The quantitative estimate of drug-likeness (QED) is 0.906. The summed E-state index contributed by atoms with van der Waals surface area (Å²) in [6.07, 6.45) is 7.00. The van der Waals surface area contributed by atoms with Crippen molar-refractivity contribution in [3.8, 4) is 0 Å². The van der Waals surface area contributed by atoms with Gasteiger partial charge in [-0.05, 0) is 31.7 Å². The monoisotopic (exact) mass is 290 g/mol. The lowest BCUT2D eigenvalue weighted by Crippen LogP contribution is -2.30. The van der Waals surface area contributed by atoms with Gasteiger partial charge in [0.05, 0.1) is 11.4 Å². The molecule has 0 radical (unpaired) electrons. The van der Waals surface area contributed by atoms with E-state index in [1.165, 1.54) is 5.56 Å². The first-order valence-electron chi connectivity index (χ1n) is 7.75. The Morgan fingerprint density at radius 3 is 2.77 bits per heavy atom. The Hall–Kier alpha value is -2.49. The van der Waals surface area contributed by atoms with Crippen LogP contribution in [-0.2, 0) is 0 Å². The highest BCUT2D eigenvalue weighted by atomic mass is 15.0. The lowest BCUT2D eigenvalue weighted by atomic mass is 10.00. The molecule has 4 nitrogen and oxygen atoms in total. The van der Waals surface area contributed by atoms with Crippen molar-refractivity contribution in [1.82, 2.24) is 9.97 Å². The Kier molecular flexibility index (Phi) is 3.22. The van der Waals surface area contributed by atoms with Gasteiger partial charge in [-0.25, -0.2) is 4.98 Å². The molecule has 0 saturated heterocycles. The van der Waals surface area contributed by atoms with E-state index in [0.717, 1.165) is 47.2 Å². The van der Waals surface area contributed by atoms with E-state index in [9.17, 15) is 0 Å². The topological polar surface area (TPSA) is 53.4 Å². The van der Waals surface area contributed by atoms with Crippen LogP contribution in [0.1, 0.15) is 37.6 Å². The van der Waals surface area contributed by atoms with E-state index >= 15 is 0 Å². The number of H-pyrrole nitrogens is 1. The van der Waals surface area contributed by atoms with Crippen LogP contribution >= 0.6 is 0 Å². The first kappa shape index (κ1) is 13.2. The molecular formula is C18H18N4. The number of aromatic nitrogens is 2. The van der Waals surface area contributed by atoms with Gasteiger partial charge in [0.25, 0.3) is 0 Å². The lowest BCUT2D eigenvalue weighted by molar-refractivity contribution is 0.727. The van der Waals surface area contributed by atoms with Gasteiger partial charge in [-0.1, -0.05) is 36.4 Å². The Morgan fingerprint density at radius 2 is 2.00 bits per heavy atom. The molecule has 0 bridgehead atoms. The lowest BCUT2D eigenvalue weighted by Gasteiger charge is -2.12. The molecule has 0 amide bonds. The predicted octanol–water partition coefficient (Wildman–Crippen LogP) is 2.23. The van der Waals surface area contributed by atoms with Gasteiger partial charge >= 0.3 is 0 Å². The Balaban J connectivity index is 1.67. The minimum absolute atomic E-state index is 0.326. The van der Waals surface area contributed by atoms with Crippen LogP contribution in [0.3, 0.4) is 0 Å². The number of hydrogen-bond acceptors (Lipinski definition) is 3. The van der Waals surface area contributed by atoms with E-state index < -0.39 is 0 Å². The molecule has 2 aliphatic rings. The average Bonchev–Trinajstić information content (AvgIpc) is 2.99. The zero-order valence-corrected chi connectivity index (χ0v) is 12.6. The average molecular weight is 290 g/mol. The van der Waals surface area contributed by atoms with E-state index in [1.54, 1.807) is 0 Å². The second kappa shape index (κ2) is 5.37. The number of fused-ring (bicyclic) bond motifs is 1. The Bertz CT molecular complexity index is 872. The van der Waals surface area contributed by atoms with Gasteiger partial charge in [-0.15, -0.1) is 0 Å². The summed E-state index contributed by atoms with van der Waals surface area (Å²) in [4.78, 5) is 17.2. The zero-order chi connectivity index (χ0) is 14.9. The fourth-order valence-corrected chi connectivity index (χ4v) is 2.89. The number of nitrogens with one attached hydrogen (secondary N) is 1. The third-order valence-corrected chi connectivity index (χ3v) is 4.14. The number of rotatable bonds is 2. The molecule has 2 aromatic rings. The highest BCUT2D eigenvalue weighted by Gasteiger charge is 2.15. The summed E-state index contributed by atoms with van der Waals surface area (Å²) in [6.45, 7) is 2.12. The molecule has 0 saturated carbocycles. The number of aliphatic imine (C=N–C) groups is 1. The molecule has 22 heavy (non-hydrogen) atoms. The molecule has 1 aromatic carbocycles. The SMILES string of the molecule is CC1CC=c2[nH]c(C3=CN=C(c4ccccc4)CC3)nc2=N1. The predicted molar refractivity (Wildman–Crippen MR) is 88.1 cm³/mol. The zero-order valence-electron chi connectivity index (χ0n) is 12.6. The van der Waals surface area contributed by atoms with Crippen LogP contribution in [0.25, 0.3) is 11.6 Å². The van der Waals surface area contributed by atoms with Crippen molar-refractivity contribution in [3.63, 3.8) is 0 Å². The van der Waals surface area contributed by atoms with Gasteiger partial charge in [0.2, 0.25) is 0 Å². The minimum Gasteiger partial charge on any atom is -0.337 e. The van der Waals surface area contributed by atoms with E-state index in [2.05, 4.69) is 57.2 Å². The van der Waals surface area contributed by atoms with E-state index in [1.807, 2.05) is 12.3 Å². The molecule has 1 unspecified atom stereocenters. The van der Waals surface area contributed by atoms with Gasteiger partial charge < -0.3 is 4.98 Å². The van der Waals surface area contributed by atoms with Crippen molar-refractivity contribution in [3.05, 3.63) is 58.8 Å². The smallest absolute Gasteiger partial charge is 0.173 e. The van der Waals surface area contributed by atoms with Crippen LogP contribution in [0.4, 0.5) is 0 Å². The van der Waals surface area contributed by atoms with Gasteiger partial charge in [0.15, 0.2) is 5.49 Å². The molecule has 110 valence electrons. The number of nitrogens with zero attached hydrogens (tertiary/aromatic N) is 3. The summed E-state index contributed by atoms with van der Waals surface area (Å²) in [5.41, 5.74) is 4.34. The van der Waals surface area contributed by atoms with Crippen molar-refractivity contribution < 1.29 is 0 Å². The van der Waals surface area contributed by atoms with Crippen LogP contribution in [0.15, 0.2) is 46.5 Å². The third-order valence-electron chi connectivity index (χ3n) is 4.14. The molecule has 2 aliphatic heterocycles. The Morgan fingerprint density at radius 1 is 1.14 bits per heavy atom. The second-order valence-electron chi connectivity index (χ2n) is 5.84. The van der Waals surface area contributed by atoms with Crippen molar-refractivity contribution in [2.24, 2.45) is 9.98 Å².